The van der Waals surface area contributed by atoms with Crippen LogP contribution in [0, 0.1) is 0 Å². The molecule has 1 aromatic rings. The van der Waals surface area contributed by atoms with E-state index in [4.69, 9.17) is 24.7 Å². The highest BCUT2D eigenvalue weighted by atomic mass is 16.6. The van der Waals surface area contributed by atoms with E-state index < -0.39 is 6.10 Å². The molecule has 0 bridgehead atoms. The van der Waals surface area contributed by atoms with Crippen molar-refractivity contribution in [3.05, 3.63) is 23.8 Å². The molecular formula is C16H25NO5. The average molecular weight is 311 g/mol. The molecular weight excluding hydrogens is 286 g/mol. The van der Waals surface area contributed by atoms with Crippen molar-refractivity contribution in [3.63, 3.8) is 0 Å². The zero-order chi connectivity index (χ0) is 16.4. The second-order valence-electron chi connectivity index (χ2n) is 4.52. The molecule has 0 spiro atoms. The van der Waals surface area contributed by atoms with Gasteiger partial charge in [0.25, 0.3) is 0 Å². The summed E-state index contributed by atoms with van der Waals surface area (Å²) in [5, 5.41) is 0. The maximum Gasteiger partial charge on any atom is 0.335 e. The number of benzene rings is 1. The Labute approximate surface area is 131 Å². The quantitative estimate of drug-likeness (QED) is 0.660. The first-order valence-corrected chi connectivity index (χ1v) is 7.44. The van der Waals surface area contributed by atoms with E-state index in [-0.39, 0.29) is 5.97 Å². The van der Waals surface area contributed by atoms with Gasteiger partial charge in [-0.2, -0.15) is 0 Å². The Morgan fingerprint density at radius 2 is 2.00 bits per heavy atom. The van der Waals surface area contributed by atoms with Gasteiger partial charge in [-0.15, -0.1) is 0 Å². The highest BCUT2D eigenvalue weighted by Gasteiger charge is 2.21. The molecule has 0 aliphatic rings. The first-order chi connectivity index (χ1) is 10.7. The lowest BCUT2D eigenvalue weighted by atomic mass is 10.1. The van der Waals surface area contributed by atoms with Crippen LogP contribution in [0.4, 0.5) is 0 Å². The van der Waals surface area contributed by atoms with Crippen molar-refractivity contribution in [2.24, 2.45) is 5.73 Å². The van der Waals surface area contributed by atoms with Gasteiger partial charge in [-0.05, 0) is 31.5 Å². The number of carbonyl (C=O) groups is 1. The van der Waals surface area contributed by atoms with Crippen molar-refractivity contribution in [2.75, 3.05) is 33.5 Å². The van der Waals surface area contributed by atoms with Gasteiger partial charge in [-0.25, -0.2) is 4.79 Å². The summed E-state index contributed by atoms with van der Waals surface area (Å²) in [6, 6.07) is 5.51. The van der Waals surface area contributed by atoms with Crippen molar-refractivity contribution in [1.82, 2.24) is 0 Å². The third kappa shape index (κ3) is 5.54. The van der Waals surface area contributed by atoms with Gasteiger partial charge >= 0.3 is 5.97 Å². The van der Waals surface area contributed by atoms with E-state index in [1.165, 1.54) is 0 Å². The van der Waals surface area contributed by atoms with Crippen molar-refractivity contribution < 1.29 is 23.7 Å². The minimum atomic E-state index is -0.624. The molecule has 6 heteroatoms. The number of hydrogen-bond acceptors (Lipinski definition) is 6. The van der Waals surface area contributed by atoms with Crippen LogP contribution in [0.1, 0.15) is 19.4 Å². The summed E-state index contributed by atoms with van der Waals surface area (Å²) in [4.78, 5) is 11.9. The minimum Gasteiger partial charge on any atom is -0.493 e. The lowest BCUT2D eigenvalue weighted by Gasteiger charge is -2.17. The fourth-order valence-corrected chi connectivity index (χ4v) is 1.99. The van der Waals surface area contributed by atoms with Crippen LogP contribution in [-0.4, -0.2) is 45.5 Å². The Hall–Kier alpha value is -1.79. The zero-order valence-corrected chi connectivity index (χ0v) is 13.5. The smallest absolute Gasteiger partial charge is 0.335 e. The van der Waals surface area contributed by atoms with Crippen LogP contribution in [0.2, 0.25) is 0 Å². The van der Waals surface area contributed by atoms with Crippen LogP contribution < -0.4 is 15.2 Å². The van der Waals surface area contributed by atoms with Gasteiger partial charge < -0.3 is 24.7 Å². The Kier molecular flexibility index (Phi) is 8.32. The molecule has 0 amide bonds. The number of ether oxygens (including phenoxy) is 4. The van der Waals surface area contributed by atoms with E-state index in [2.05, 4.69) is 0 Å². The third-order valence-electron chi connectivity index (χ3n) is 2.94. The molecule has 124 valence electrons. The Morgan fingerprint density at radius 3 is 2.59 bits per heavy atom. The van der Waals surface area contributed by atoms with Gasteiger partial charge in [0.05, 0.1) is 13.7 Å². The van der Waals surface area contributed by atoms with Crippen molar-refractivity contribution in [1.29, 1.82) is 0 Å². The summed E-state index contributed by atoms with van der Waals surface area (Å²) in [5.74, 6) is 0.871. The molecule has 0 aromatic heterocycles. The Bertz CT molecular complexity index is 464. The molecule has 0 saturated heterocycles. The fourth-order valence-electron chi connectivity index (χ4n) is 1.99. The number of nitrogens with two attached hydrogens (primary N) is 1. The SMILES string of the molecule is CCOC(=O)C(Cc1ccc(OC)c(OCCN)c1)OCC. The van der Waals surface area contributed by atoms with Crippen LogP contribution in [-0.2, 0) is 20.7 Å². The summed E-state index contributed by atoms with van der Waals surface area (Å²) in [6.45, 7) is 5.19. The second-order valence-corrected chi connectivity index (χ2v) is 4.52. The number of hydrogen-bond donors (Lipinski definition) is 1. The van der Waals surface area contributed by atoms with Crippen LogP contribution in [0.5, 0.6) is 11.5 Å². The first-order valence-electron chi connectivity index (χ1n) is 7.44. The second kappa shape index (κ2) is 10.0. The number of carbonyl (C=O) groups excluding carboxylic acids is 1. The van der Waals surface area contributed by atoms with E-state index >= 15 is 0 Å². The molecule has 22 heavy (non-hydrogen) atoms. The van der Waals surface area contributed by atoms with Gasteiger partial charge in [0, 0.05) is 19.6 Å². The van der Waals surface area contributed by atoms with E-state index in [0.29, 0.717) is 44.3 Å². The molecule has 1 unspecified atom stereocenters. The predicted molar refractivity (Wildman–Crippen MR) is 83.3 cm³/mol. The Morgan fingerprint density at radius 1 is 1.23 bits per heavy atom. The maximum atomic E-state index is 11.9. The number of esters is 1. The Balaban J connectivity index is 2.87. The number of rotatable bonds is 10. The van der Waals surface area contributed by atoms with Crippen LogP contribution in [0.3, 0.4) is 0 Å². The van der Waals surface area contributed by atoms with Gasteiger partial charge in [0.15, 0.2) is 17.6 Å². The van der Waals surface area contributed by atoms with Crippen LogP contribution in [0.25, 0.3) is 0 Å². The summed E-state index contributed by atoms with van der Waals surface area (Å²) in [5.41, 5.74) is 6.35. The molecule has 0 saturated carbocycles. The van der Waals surface area contributed by atoms with Gasteiger partial charge in [0.2, 0.25) is 0 Å². The molecule has 1 aromatic carbocycles. The highest BCUT2D eigenvalue weighted by molar-refractivity contribution is 5.75. The lowest BCUT2D eigenvalue weighted by Crippen LogP contribution is -2.29. The lowest BCUT2D eigenvalue weighted by molar-refractivity contribution is -0.156. The standard InChI is InChI=1S/C16H25NO5/c1-4-20-15(16(18)21-5-2)11-12-6-7-13(19-3)14(10-12)22-9-8-17/h6-7,10,15H,4-5,8-9,11,17H2,1-3H3. The summed E-state index contributed by atoms with van der Waals surface area (Å²) < 4.78 is 21.3. The third-order valence-corrected chi connectivity index (χ3v) is 2.94. The normalized spacial score (nSPS) is 11.8. The molecule has 1 atom stereocenters. The monoisotopic (exact) mass is 311 g/mol. The first kappa shape index (κ1) is 18.3. The maximum absolute atomic E-state index is 11.9. The topological polar surface area (TPSA) is 80.0 Å². The summed E-state index contributed by atoms with van der Waals surface area (Å²) in [7, 11) is 1.58. The molecule has 6 nitrogen and oxygen atoms in total. The van der Waals surface area contributed by atoms with E-state index in [1.807, 2.05) is 19.1 Å². The summed E-state index contributed by atoms with van der Waals surface area (Å²) in [6.07, 6.45) is -0.212. The largest absolute Gasteiger partial charge is 0.493 e. The number of methoxy groups -OCH3 is 1. The fraction of sp³-hybridized carbons (Fsp3) is 0.562. The average Bonchev–Trinajstić information content (AvgIpc) is 2.52. The molecule has 0 heterocycles. The van der Waals surface area contributed by atoms with Crippen LogP contribution >= 0.6 is 0 Å². The van der Waals surface area contributed by atoms with Crippen LogP contribution in [0.15, 0.2) is 18.2 Å². The van der Waals surface area contributed by atoms with E-state index in [1.54, 1.807) is 20.1 Å². The minimum absolute atomic E-state index is 0.329. The predicted octanol–water partition coefficient (Wildman–Crippen LogP) is 1.54. The van der Waals surface area contributed by atoms with Gasteiger partial charge in [-0.1, -0.05) is 6.07 Å². The molecule has 0 radical (unpaired) electrons. The van der Waals surface area contributed by atoms with Crippen molar-refractivity contribution in [2.45, 2.75) is 26.4 Å². The summed E-state index contributed by atoms with van der Waals surface area (Å²) >= 11 is 0. The molecule has 0 fully saturated rings. The van der Waals surface area contributed by atoms with Crippen molar-refractivity contribution >= 4 is 5.97 Å². The van der Waals surface area contributed by atoms with Crippen molar-refractivity contribution in [3.8, 4) is 11.5 Å². The molecule has 0 aliphatic carbocycles. The zero-order valence-electron chi connectivity index (χ0n) is 13.5. The van der Waals surface area contributed by atoms with Gasteiger partial charge in [-0.3, -0.25) is 0 Å². The van der Waals surface area contributed by atoms with Gasteiger partial charge in [0.1, 0.15) is 6.61 Å². The molecule has 2 N–H and O–H groups in total. The molecule has 0 aliphatic heterocycles. The molecule has 1 rings (SSSR count). The highest BCUT2D eigenvalue weighted by Crippen LogP contribution is 2.28. The van der Waals surface area contributed by atoms with E-state index in [0.717, 1.165) is 5.56 Å². The van der Waals surface area contributed by atoms with E-state index in [9.17, 15) is 4.79 Å².